The van der Waals surface area contributed by atoms with Crippen molar-refractivity contribution in [3.63, 3.8) is 0 Å². The summed E-state index contributed by atoms with van der Waals surface area (Å²) in [6.07, 6.45) is 0.719. The first-order chi connectivity index (χ1) is 8.54. The van der Waals surface area contributed by atoms with E-state index in [4.69, 9.17) is 46.4 Å². The Hall–Kier alpha value is -0.730. The highest BCUT2D eigenvalue weighted by Crippen LogP contribution is 2.41. The van der Waals surface area contributed by atoms with Crippen molar-refractivity contribution in [2.24, 2.45) is 0 Å². The first kappa shape index (κ1) is 13.7. The summed E-state index contributed by atoms with van der Waals surface area (Å²) in [6.45, 7) is 0. The molecule has 0 aliphatic carbocycles. The van der Waals surface area contributed by atoms with Crippen LogP contribution in [0.4, 0.5) is 0 Å². The van der Waals surface area contributed by atoms with Crippen molar-refractivity contribution >= 4 is 52.7 Å². The Labute approximate surface area is 124 Å². The zero-order chi connectivity index (χ0) is 13.3. The fourth-order valence-corrected chi connectivity index (χ4v) is 2.60. The highest BCUT2D eigenvalue weighted by atomic mass is 35.5. The van der Waals surface area contributed by atoms with Crippen molar-refractivity contribution in [2.75, 3.05) is 0 Å². The lowest BCUT2D eigenvalue weighted by molar-refractivity contribution is 0.112. The molecular formula is C13H6Cl4O. The molecule has 0 heterocycles. The molecule has 5 heteroatoms. The van der Waals surface area contributed by atoms with Gasteiger partial charge in [0.25, 0.3) is 0 Å². The van der Waals surface area contributed by atoms with Gasteiger partial charge in [0.1, 0.15) is 6.29 Å². The van der Waals surface area contributed by atoms with Crippen LogP contribution in [-0.4, -0.2) is 6.29 Å². The molecule has 0 amide bonds. The summed E-state index contributed by atoms with van der Waals surface area (Å²) >= 11 is 24.3. The van der Waals surface area contributed by atoms with Gasteiger partial charge in [-0.25, -0.2) is 0 Å². The van der Waals surface area contributed by atoms with Crippen LogP contribution in [0, 0.1) is 0 Å². The van der Waals surface area contributed by atoms with Gasteiger partial charge in [-0.2, -0.15) is 0 Å². The summed E-state index contributed by atoms with van der Waals surface area (Å²) in [5, 5.41) is 1.58. The largest absolute Gasteiger partial charge is 0.298 e. The molecule has 0 aromatic heterocycles. The number of carbonyl (C=O) groups excluding carboxylic acids is 1. The first-order valence-corrected chi connectivity index (χ1v) is 6.44. The van der Waals surface area contributed by atoms with E-state index < -0.39 is 0 Å². The monoisotopic (exact) mass is 318 g/mol. The Morgan fingerprint density at radius 2 is 1.50 bits per heavy atom. The van der Waals surface area contributed by atoms with E-state index in [2.05, 4.69) is 0 Å². The fourth-order valence-electron chi connectivity index (χ4n) is 1.58. The number of benzene rings is 2. The second-order valence-electron chi connectivity index (χ2n) is 3.58. The van der Waals surface area contributed by atoms with Gasteiger partial charge in [-0.3, -0.25) is 4.79 Å². The lowest BCUT2D eigenvalue weighted by atomic mass is 10.0. The normalized spacial score (nSPS) is 10.4. The lowest BCUT2D eigenvalue weighted by Crippen LogP contribution is -1.87. The van der Waals surface area contributed by atoms with Crippen LogP contribution in [0.3, 0.4) is 0 Å². The maximum atomic E-state index is 10.7. The highest BCUT2D eigenvalue weighted by molar-refractivity contribution is 6.46. The average molecular weight is 320 g/mol. The van der Waals surface area contributed by atoms with Crippen molar-refractivity contribution in [1.82, 2.24) is 0 Å². The number of halogens is 4. The molecule has 2 aromatic rings. The van der Waals surface area contributed by atoms with E-state index in [0.29, 0.717) is 36.8 Å². The van der Waals surface area contributed by atoms with Crippen molar-refractivity contribution in [2.45, 2.75) is 0 Å². The van der Waals surface area contributed by atoms with Crippen molar-refractivity contribution in [3.05, 3.63) is 56.0 Å². The van der Waals surface area contributed by atoms with Crippen LogP contribution >= 0.6 is 46.4 Å². The Bertz CT molecular complexity index is 623. The van der Waals surface area contributed by atoms with Crippen molar-refractivity contribution in [3.8, 4) is 11.1 Å². The molecule has 0 unspecified atom stereocenters. The number of hydrogen-bond acceptors (Lipinski definition) is 1. The van der Waals surface area contributed by atoms with E-state index in [1.165, 1.54) is 0 Å². The molecule has 0 radical (unpaired) electrons. The first-order valence-electron chi connectivity index (χ1n) is 4.93. The summed E-state index contributed by atoms with van der Waals surface area (Å²) in [4.78, 5) is 10.7. The summed E-state index contributed by atoms with van der Waals surface area (Å²) in [5.74, 6) is 0. The van der Waals surface area contributed by atoms with Crippen molar-refractivity contribution in [1.29, 1.82) is 0 Å². The molecule has 0 atom stereocenters. The lowest BCUT2D eigenvalue weighted by Gasteiger charge is -2.10. The van der Waals surface area contributed by atoms with Crippen LogP contribution < -0.4 is 0 Å². The van der Waals surface area contributed by atoms with Crippen LogP contribution in [0.1, 0.15) is 10.4 Å². The SMILES string of the molecule is O=Cc1ccc(-c2c(Cl)ccc(Cl)c2Cl)c(Cl)c1. The molecule has 0 bridgehead atoms. The molecule has 0 spiro atoms. The van der Waals surface area contributed by atoms with E-state index in [1.54, 1.807) is 30.3 Å². The molecule has 0 aliphatic rings. The minimum absolute atomic E-state index is 0.338. The van der Waals surface area contributed by atoms with Gasteiger partial charge in [-0.15, -0.1) is 0 Å². The van der Waals surface area contributed by atoms with Gasteiger partial charge in [-0.1, -0.05) is 58.5 Å². The zero-order valence-electron chi connectivity index (χ0n) is 8.88. The van der Waals surface area contributed by atoms with Gasteiger partial charge >= 0.3 is 0 Å². The molecular weight excluding hydrogens is 314 g/mol. The van der Waals surface area contributed by atoms with E-state index >= 15 is 0 Å². The Balaban J connectivity index is 2.69. The second kappa shape index (κ2) is 5.50. The summed E-state index contributed by atoms with van der Waals surface area (Å²) in [5.41, 5.74) is 1.69. The van der Waals surface area contributed by atoms with Crippen LogP contribution in [0.15, 0.2) is 30.3 Å². The topological polar surface area (TPSA) is 17.1 Å². The van der Waals surface area contributed by atoms with Crippen LogP contribution in [0.2, 0.25) is 20.1 Å². The van der Waals surface area contributed by atoms with Gasteiger partial charge in [0.15, 0.2) is 0 Å². The standard InChI is InChI=1S/C13H6Cl4O/c14-9-3-4-10(15)13(17)12(9)8-2-1-7(6-18)5-11(8)16/h1-6H. The predicted molar refractivity (Wildman–Crippen MR) is 77.3 cm³/mol. The molecule has 1 nitrogen and oxygen atoms in total. The number of aldehydes is 1. The molecule has 92 valence electrons. The average Bonchev–Trinajstić information content (AvgIpc) is 2.36. The van der Waals surface area contributed by atoms with Gasteiger partial charge in [0, 0.05) is 21.7 Å². The molecule has 0 N–H and O–H groups in total. The zero-order valence-corrected chi connectivity index (χ0v) is 11.9. The van der Waals surface area contributed by atoms with E-state index in [0.717, 1.165) is 6.29 Å². The number of rotatable bonds is 2. The van der Waals surface area contributed by atoms with Crippen LogP contribution in [-0.2, 0) is 0 Å². The molecule has 0 fully saturated rings. The molecule has 0 aliphatic heterocycles. The second-order valence-corrected chi connectivity index (χ2v) is 5.17. The maximum Gasteiger partial charge on any atom is 0.150 e. The maximum absolute atomic E-state index is 10.7. The van der Waals surface area contributed by atoms with Crippen molar-refractivity contribution < 1.29 is 4.79 Å². The van der Waals surface area contributed by atoms with Gasteiger partial charge in [0.2, 0.25) is 0 Å². The predicted octanol–water partition coefficient (Wildman–Crippen LogP) is 5.78. The minimum atomic E-state index is 0.338. The van der Waals surface area contributed by atoms with Gasteiger partial charge in [-0.05, 0) is 18.2 Å². The minimum Gasteiger partial charge on any atom is -0.298 e. The van der Waals surface area contributed by atoms with Crippen LogP contribution in [0.5, 0.6) is 0 Å². The van der Waals surface area contributed by atoms with E-state index in [9.17, 15) is 4.79 Å². The Kier molecular flexibility index (Phi) is 4.18. The third-order valence-corrected chi connectivity index (χ3v) is 3.87. The third-order valence-electron chi connectivity index (χ3n) is 2.44. The Morgan fingerprint density at radius 1 is 0.833 bits per heavy atom. The number of hydrogen-bond donors (Lipinski definition) is 0. The molecule has 0 saturated heterocycles. The third kappa shape index (κ3) is 2.50. The van der Waals surface area contributed by atoms with Gasteiger partial charge < -0.3 is 0 Å². The molecule has 2 rings (SSSR count). The molecule has 18 heavy (non-hydrogen) atoms. The van der Waals surface area contributed by atoms with E-state index in [1.807, 2.05) is 0 Å². The molecule has 2 aromatic carbocycles. The highest BCUT2D eigenvalue weighted by Gasteiger charge is 2.14. The van der Waals surface area contributed by atoms with Crippen LogP contribution in [0.25, 0.3) is 11.1 Å². The smallest absolute Gasteiger partial charge is 0.150 e. The number of carbonyl (C=O) groups is 1. The summed E-state index contributed by atoms with van der Waals surface area (Å²) in [7, 11) is 0. The quantitative estimate of drug-likeness (QED) is 0.506. The van der Waals surface area contributed by atoms with E-state index in [-0.39, 0.29) is 0 Å². The Morgan fingerprint density at radius 3 is 2.11 bits per heavy atom. The van der Waals surface area contributed by atoms with Gasteiger partial charge in [0.05, 0.1) is 15.1 Å². The summed E-state index contributed by atoms with van der Waals surface area (Å²) < 4.78 is 0. The summed E-state index contributed by atoms with van der Waals surface area (Å²) in [6, 6.07) is 8.15. The molecule has 0 saturated carbocycles. The fraction of sp³-hybridized carbons (Fsp3) is 0.